The number of anilines is 1. The van der Waals surface area contributed by atoms with Gasteiger partial charge in [-0.2, -0.15) is 0 Å². The normalized spacial score (nSPS) is 11.2. The number of ether oxygens (including phenoxy) is 2. The van der Waals surface area contributed by atoms with Gasteiger partial charge in [0, 0.05) is 24.2 Å². The highest BCUT2D eigenvalue weighted by atomic mass is 32.2. The highest BCUT2D eigenvalue weighted by molar-refractivity contribution is 7.99. The second-order valence-corrected chi connectivity index (χ2v) is 11.2. The zero-order valence-corrected chi connectivity index (χ0v) is 23.6. The number of carbonyl (C=O) groups excluding carboxylic acids is 2. The fourth-order valence-corrected chi connectivity index (χ4v) is 4.92. The van der Waals surface area contributed by atoms with Gasteiger partial charge >= 0.3 is 6.09 Å². The molecule has 4 rings (SSSR count). The molecule has 0 spiro atoms. The second-order valence-electron chi connectivity index (χ2n) is 9.23. The van der Waals surface area contributed by atoms with E-state index >= 15 is 0 Å². The molecule has 2 amide bonds. The number of aromatic nitrogens is 5. The number of methoxy groups -OCH3 is 1. The molecule has 13 heteroatoms. The van der Waals surface area contributed by atoms with Crippen molar-refractivity contribution < 1.29 is 19.1 Å². The molecule has 0 unspecified atom stereocenters. The van der Waals surface area contributed by atoms with Crippen molar-refractivity contribution in [3.8, 4) is 27.7 Å². The Morgan fingerprint density at radius 3 is 2.41 bits per heavy atom. The predicted octanol–water partition coefficient (Wildman–Crippen LogP) is 4.73. The van der Waals surface area contributed by atoms with Gasteiger partial charge in [-0.05, 0) is 45.0 Å². The van der Waals surface area contributed by atoms with Crippen LogP contribution in [-0.2, 0) is 16.1 Å². The second kappa shape index (κ2) is 12.7. The van der Waals surface area contributed by atoms with E-state index in [-0.39, 0.29) is 11.7 Å². The molecule has 4 aromatic rings. The van der Waals surface area contributed by atoms with Gasteiger partial charge in [0.05, 0.1) is 12.9 Å². The Morgan fingerprint density at radius 1 is 0.974 bits per heavy atom. The minimum atomic E-state index is -0.591. The van der Waals surface area contributed by atoms with E-state index in [1.165, 1.54) is 23.1 Å². The van der Waals surface area contributed by atoms with E-state index in [9.17, 15) is 9.59 Å². The van der Waals surface area contributed by atoms with Crippen LogP contribution in [0.4, 0.5) is 9.93 Å². The van der Waals surface area contributed by atoms with E-state index < -0.39 is 11.7 Å². The number of alkyl carbamates (subject to hydrolysis) is 1. The molecule has 11 nitrogen and oxygen atoms in total. The number of hydrogen-bond acceptors (Lipinski definition) is 10. The molecule has 0 fully saturated rings. The maximum atomic E-state index is 12.7. The van der Waals surface area contributed by atoms with E-state index in [2.05, 4.69) is 31.0 Å². The maximum Gasteiger partial charge on any atom is 0.407 e. The average Bonchev–Trinajstić information content (AvgIpc) is 3.54. The van der Waals surface area contributed by atoms with Crippen LogP contribution in [0.3, 0.4) is 0 Å². The van der Waals surface area contributed by atoms with Gasteiger partial charge in [0.15, 0.2) is 11.0 Å². The molecule has 0 saturated carbocycles. The third-order valence-corrected chi connectivity index (χ3v) is 6.95. The quantitative estimate of drug-likeness (QED) is 0.261. The average molecular weight is 568 g/mol. The van der Waals surface area contributed by atoms with Gasteiger partial charge in [0.25, 0.3) is 0 Å². The summed E-state index contributed by atoms with van der Waals surface area (Å²) < 4.78 is 12.4. The Labute approximate surface area is 234 Å². The van der Waals surface area contributed by atoms with Gasteiger partial charge in [-0.25, -0.2) is 4.79 Å². The Bertz CT molecular complexity index is 1400. The number of nitrogens with one attached hydrogen (secondary N) is 2. The molecule has 0 radical (unpaired) electrons. The summed E-state index contributed by atoms with van der Waals surface area (Å²) in [6, 6.07) is 17.1. The Hall–Kier alpha value is -3.97. The molecular weight excluding hydrogens is 538 g/mol. The highest BCUT2D eigenvalue weighted by Crippen LogP contribution is 2.28. The number of rotatable bonds is 10. The van der Waals surface area contributed by atoms with Crippen molar-refractivity contribution in [3.05, 3.63) is 54.6 Å². The summed E-state index contributed by atoms with van der Waals surface area (Å²) in [4.78, 5) is 24.8. The molecule has 204 valence electrons. The fraction of sp³-hybridized carbons (Fsp3) is 0.308. The van der Waals surface area contributed by atoms with Gasteiger partial charge in [-0.1, -0.05) is 53.4 Å². The van der Waals surface area contributed by atoms with Crippen LogP contribution in [-0.4, -0.2) is 62.0 Å². The summed E-state index contributed by atoms with van der Waals surface area (Å²) >= 11 is 2.52. The molecule has 0 aliphatic heterocycles. The molecule has 2 N–H and O–H groups in total. The first-order chi connectivity index (χ1) is 18.7. The molecule has 0 bridgehead atoms. The molecular formula is C26H29N7O4S2. The van der Waals surface area contributed by atoms with Gasteiger partial charge in [0.1, 0.15) is 16.4 Å². The lowest BCUT2D eigenvalue weighted by molar-refractivity contribution is -0.113. The van der Waals surface area contributed by atoms with E-state index in [1.54, 1.807) is 27.9 Å². The maximum absolute atomic E-state index is 12.7. The summed E-state index contributed by atoms with van der Waals surface area (Å²) in [6.07, 6.45) is -0.503. The molecule has 2 aromatic carbocycles. The molecule has 0 atom stereocenters. The third kappa shape index (κ3) is 8.01. The van der Waals surface area contributed by atoms with Crippen LogP contribution >= 0.6 is 23.1 Å². The summed E-state index contributed by atoms with van der Waals surface area (Å²) in [5.74, 6) is 1.22. The number of hydrogen-bond donors (Lipinski definition) is 2. The minimum absolute atomic E-state index is 0.0872. The van der Waals surface area contributed by atoms with Gasteiger partial charge < -0.3 is 19.4 Å². The summed E-state index contributed by atoms with van der Waals surface area (Å²) in [7, 11) is 1.61. The Morgan fingerprint density at radius 2 is 1.72 bits per heavy atom. The number of amides is 2. The molecule has 0 aliphatic rings. The highest BCUT2D eigenvalue weighted by Gasteiger charge is 2.19. The molecule has 39 heavy (non-hydrogen) atoms. The predicted molar refractivity (Wildman–Crippen MR) is 151 cm³/mol. The summed E-state index contributed by atoms with van der Waals surface area (Å²) in [6.45, 7) is 6.11. The lowest BCUT2D eigenvalue weighted by Gasteiger charge is -2.20. The van der Waals surface area contributed by atoms with Crippen LogP contribution in [0.25, 0.3) is 22.0 Å². The number of carbonyl (C=O) groups is 2. The number of thioether (sulfide) groups is 1. The molecule has 2 aromatic heterocycles. The van der Waals surface area contributed by atoms with Crippen LogP contribution in [0, 0.1) is 0 Å². The van der Waals surface area contributed by atoms with Crippen LogP contribution in [0.5, 0.6) is 5.75 Å². The largest absolute Gasteiger partial charge is 0.497 e. The smallest absolute Gasteiger partial charge is 0.407 e. The monoisotopic (exact) mass is 567 g/mol. The van der Waals surface area contributed by atoms with E-state index in [0.29, 0.717) is 34.2 Å². The molecule has 2 heterocycles. The number of nitrogens with zero attached hydrogens (tertiary/aromatic N) is 5. The number of benzene rings is 2. The first-order valence-corrected chi connectivity index (χ1v) is 13.9. The van der Waals surface area contributed by atoms with Crippen LogP contribution in [0.1, 0.15) is 20.8 Å². The zero-order chi connectivity index (χ0) is 27.8. The van der Waals surface area contributed by atoms with Crippen LogP contribution in [0.2, 0.25) is 0 Å². The van der Waals surface area contributed by atoms with Crippen molar-refractivity contribution in [1.29, 1.82) is 0 Å². The lowest BCUT2D eigenvalue weighted by Crippen LogP contribution is -2.34. The van der Waals surface area contributed by atoms with E-state index in [4.69, 9.17) is 9.47 Å². The Balaban J connectivity index is 1.39. The lowest BCUT2D eigenvalue weighted by atomic mass is 10.2. The van der Waals surface area contributed by atoms with Gasteiger partial charge in [-0.3, -0.25) is 10.1 Å². The molecule has 0 aliphatic carbocycles. The van der Waals surface area contributed by atoms with Crippen molar-refractivity contribution in [1.82, 2.24) is 30.3 Å². The zero-order valence-electron chi connectivity index (χ0n) is 22.0. The van der Waals surface area contributed by atoms with Crippen LogP contribution in [0.15, 0.2) is 59.8 Å². The first kappa shape index (κ1) is 28.0. The van der Waals surface area contributed by atoms with E-state index in [1.807, 2.05) is 59.2 Å². The third-order valence-electron chi connectivity index (χ3n) is 5.09. The van der Waals surface area contributed by atoms with Crippen molar-refractivity contribution in [2.45, 2.75) is 38.1 Å². The van der Waals surface area contributed by atoms with Crippen molar-refractivity contribution in [2.24, 2.45) is 0 Å². The standard InChI is InChI=1S/C26H29N7O4S2/c1-26(2,3)37-25(35)27-14-15-33-21(17-8-6-5-7-9-17)29-32-24(33)38-16-20(34)28-23-31-30-22(39-23)18-10-12-19(36-4)13-11-18/h5-13H,14-16H2,1-4H3,(H,27,35)(H,28,31,34). The Kier molecular flexibility index (Phi) is 9.15. The minimum Gasteiger partial charge on any atom is -0.497 e. The molecule has 0 saturated heterocycles. The SMILES string of the molecule is COc1ccc(-c2nnc(NC(=O)CSc3nnc(-c4ccccc4)n3CCNC(=O)OC(C)(C)C)s2)cc1. The first-order valence-electron chi connectivity index (χ1n) is 12.1. The summed E-state index contributed by atoms with van der Waals surface area (Å²) in [5, 5.41) is 24.1. The van der Waals surface area contributed by atoms with Crippen molar-refractivity contribution >= 4 is 40.2 Å². The fourth-order valence-electron chi connectivity index (χ4n) is 3.39. The van der Waals surface area contributed by atoms with Crippen molar-refractivity contribution in [3.63, 3.8) is 0 Å². The van der Waals surface area contributed by atoms with Gasteiger partial charge in [0.2, 0.25) is 11.0 Å². The van der Waals surface area contributed by atoms with Gasteiger partial charge in [-0.15, -0.1) is 20.4 Å². The summed E-state index contributed by atoms with van der Waals surface area (Å²) in [5.41, 5.74) is 1.16. The van der Waals surface area contributed by atoms with Crippen molar-refractivity contribution in [2.75, 3.05) is 24.7 Å². The topological polar surface area (TPSA) is 133 Å². The van der Waals surface area contributed by atoms with E-state index in [0.717, 1.165) is 16.9 Å². The van der Waals surface area contributed by atoms with Crippen LogP contribution < -0.4 is 15.4 Å².